The molecule has 0 radical (unpaired) electrons. The maximum Gasteiger partial charge on any atom is 0.119 e. The lowest BCUT2D eigenvalue weighted by atomic mass is 10.1. The molecule has 0 rings (SSSR count). The van der Waals surface area contributed by atoms with Gasteiger partial charge in [0.2, 0.25) is 0 Å². The van der Waals surface area contributed by atoms with E-state index in [9.17, 15) is 0 Å². The average Bonchev–Trinajstić information content (AvgIpc) is 2.15. The highest BCUT2D eigenvalue weighted by atomic mass is 16.5. The summed E-state index contributed by atoms with van der Waals surface area (Å²) in [6.07, 6.45) is 3.28. The molecule has 0 aromatic carbocycles. The molecule has 1 unspecified atom stereocenters. The van der Waals surface area contributed by atoms with Crippen molar-refractivity contribution in [1.29, 1.82) is 5.41 Å². The maximum absolute atomic E-state index is 7.37. The molecular weight excluding hydrogens is 164 g/mol. The molecule has 0 spiro atoms. The Morgan fingerprint density at radius 2 is 2.08 bits per heavy atom. The first-order valence-electron chi connectivity index (χ1n) is 4.84. The van der Waals surface area contributed by atoms with Crippen LogP contribution in [0.5, 0.6) is 0 Å². The lowest BCUT2D eigenvalue weighted by Gasteiger charge is -2.22. The molecule has 0 saturated carbocycles. The molecule has 0 aromatic rings. The van der Waals surface area contributed by atoms with Gasteiger partial charge in [-0.3, -0.25) is 5.41 Å². The van der Waals surface area contributed by atoms with Crippen molar-refractivity contribution < 1.29 is 4.74 Å². The van der Waals surface area contributed by atoms with Gasteiger partial charge in [-0.1, -0.05) is 13.8 Å². The van der Waals surface area contributed by atoms with Gasteiger partial charge in [0.1, 0.15) is 11.4 Å². The molecule has 3 nitrogen and oxygen atoms in total. The summed E-state index contributed by atoms with van der Waals surface area (Å²) in [7, 11) is 0. The summed E-state index contributed by atoms with van der Waals surface area (Å²) in [6, 6.07) is 0. The Labute approximate surface area is 80.7 Å². The van der Waals surface area contributed by atoms with Crippen LogP contribution in [0.15, 0.2) is 4.99 Å². The zero-order valence-corrected chi connectivity index (χ0v) is 9.05. The van der Waals surface area contributed by atoms with E-state index in [1.54, 1.807) is 6.21 Å². The molecule has 3 heteroatoms. The zero-order chi connectivity index (χ0) is 10.3. The van der Waals surface area contributed by atoms with Crippen LogP contribution in [0.2, 0.25) is 0 Å². The van der Waals surface area contributed by atoms with Gasteiger partial charge in [-0.15, -0.1) is 0 Å². The quantitative estimate of drug-likeness (QED) is 0.518. The van der Waals surface area contributed by atoms with Crippen molar-refractivity contribution in [3.63, 3.8) is 0 Å². The first kappa shape index (κ1) is 12.3. The molecule has 1 atom stereocenters. The molecule has 0 aliphatic carbocycles. The van der Waals surface area contributed by atoms with Crippen LogP contribution in [0.4, 0.5) is 0 Å². The van der Waals surface area contributed by atoms with Crippen molar-refractivity contribution >= 4 is 12.1 Å². The van der Waals surface area contributed by atoms with Crippen molar-refractivity contribution in [1.82, 2.24) is 0 Å². The third kappa shape index (κ3) is 4.78. The number of hydrogen-bond donors (Lipinski definition) is 1. The highest BCUT2D eigenvalue weighted by Crippen LogP contribution is 2.12. The predicted octanol–water partition coefficient (Wildman–Crippen LogP) is 2.65. The first-order chi connectivity index (χ1) is 6.08. The minimum absolute atomic E-state index is 0.309. The smallest absolute Gasteiger partial charge is 0.119 e. The number of nitrogens with one attached hydrogen (secondary N) is 1. The summed E-state index contributed by atoms with van der Waals surface area (Å²) >= 11 is 0. The van der Waals surface area contributed by atoms with E-state index in [0.29, 0.717) is 18.9 Å². The number of rotatable bonds is 5. The van der Waals surface area contributed by atoms with Gasteiger partial charge in [-0.25, -0.2) is 4.99 Å². The van der Waals surface area contributed by atoms with Gasteiger partial charge in [-0.2, -0.15) is 0 Å². The molecular formula is C10H20N2O. The van der Waals surface area contributed by atoms with Gasteiger partial charge in [-0.05, 0) is 20.3 Å². The fraction of sp³-hybridized carbons (Fsp3) is 0.800. The second-order valence-electron chi connectivity index (χ2n) is 3.16. The van der Waals surface area contributed by atoms with E-state index >= 15 is 0 Å². The third-order valence-electron chi connectivity index (χ3n) is 2.00. The number of hydrogen-bond acceptors (Lipinski definition) is 2. The standard InChI is InChI=1S/C10H20N2O/c1-5-9(11)12-8-10(4,6-2)13-7-3/h8,11H,5-7H2,1-4H3. The van der Waals surface area contributed by atoms with E-state index in [0.717, 1.165) is 6.42 Å². The molecule has 13 heavy (non-hydrogen) atoms. The van der Waals surface area contributed by atoms with Gasteiger partial charge in [0.05, 0.1) is 0 Å². The normalized spacial score (nSPS) is 16.0. The fourth-order valence-corrected chi connectivity index (χ4v) is 0.866. The summed E-state index contributed by atoms with van der Waals surface area (Å²) in [4.78, 5) is 4.04. The monoisotopic (exact) mass is 184 g/mol. The Hall–Kier alpha value is -0.700. The van der Waals surface area contributed by atoms with Crippen molar-refractivity contribution in [2.45, 2.75) is 46.1 Å². The van der Waals surface area contributed by atoms with E-state index in [1.165, 1.54) is 0 Å². The molecule has 0 saturated heterocycles. The van der Waals surface area contributed by atoms with Crippen LogP contribution in [0.25, 0.3) is 0 Å². The number of aliphatic imine (C=N–C) groups is 1. The number of ether oxygens (including phenoxy) is 1. The van der Waals surface area contributed by atoms with Crippen LogP contribution in [-0.4, -0.2) is 24.3 Å². The van der Waals surface area contributed by atoms with Gasteiger partial charge < -0.3 is 4.74 Å². The van der Waals surface area contributed by atoms with Crippen molar-refractivity contribution in [3.05, 3.63) is 0 Å². The Balaban J connectivity index is 4.25. The first-order valence-corrected chi connectivity index (χ1v) is 4.84. The Kier molecular flexibility index (Phi) is 5.55. The summed E-state index contributed by atoms with van der Waals surface area (Å²) in [6.45, 7) is 8.60. The van der Waals surface area contributed by atoms with Crippen LogP contribution < -0.4 is 0 Å². The van der Waals surface area contributed by atoms with Crippen molar-refractivity contribution in [2.75, 3.05) is 6.61 Å². The number of amidine groups is 1. The second kappa shape index (κ2) is 5.86. The maximum atomic E-state index is 7.37. The minimum atomic E-state index is -0.309. The van der Waals surface area contributed by atoms with Gasteiger partial charge in [0, 0.05) is 19.2 Å². The second-order valence-corrected chi connectivity index (χ2v) is 3.16. The van der Waals surface area contributed by atoms with Gasteiger partial charge in [0.15, 0.2) is 0 Å². The van der Waals surface area contributed by atoms with Crippen LogP contribution >= 0.6 is 0 Å². The molecule has 0 bridgehead atoms. The highest BCUT2D eigenvalue weighted by molar-refractivity contribution is 5.89. The average molecular weight is 184 g/mol. The molecule has 0 aliphatic rings. The molecule has 0 heterocycles. The molecule has 0 amide bonds. The van der Waals surface area contributed by atoms with E-state index in [-0.39, 0.29) is 5.60 Å². The summed E-state index contributed by atoms with van der Waals surface area (Å²) in [5, 5.41) is 7.37. The predicted molar refractivity (Wildman–Crippen MR) is 56.8 cm³/mol. The summed E-state index contributed by atoms with van der Waals surface area (Å²) in [5.41, 5.74) is -0.309. The molecule has 0 aromatic heterocycles. The van der Waals surface area contributed by atoms with Gasteiger partial charge in [0.25, 0.3) is 0 Å². The molecule has 0 fully saturated rings. The topological polar surface area (TPSA) is 45.4 Å². The largest absolute Gasteiger partial charge is 0.370 e. The highest BCUT2D eigenvalue weighted by Gasteiger charge is 2.18. The van der Waals surface area contributed by atoms with E-state index in [2.05, 4.69) is 11.9 Å². The van der Waals surface area contributed by atoms with Crippen LogP contribution in [0.3, 0.4) is 0 Å². The molecule has 1 N–H and O–H groups in total. The lowest BCUT2D eigenvalue weighted by Crippen LogP contribution is -2.30. The Morgan fingerprint density at radius 1 is 1.46 bits per heavy atom. The van der Waals surface area contributed by atoms with Crippen molar-refractivity contribution in [2.24, 2.45) is 4.99 Å². The fourth-order valence-electron chi connectivity index (χ4n) is 0.866. The van der Waals surface area contributed by atoms with E-state index < -0.39 is 0 Å². The minimum Gasteiger partial charge on any atom is -0.370 e. The Morgan fingerprint density at radius 3 is 2.46 bits per heavy atom. The van der Waals surface area contributed by atoms with E-state index in [4.69, 9.17) is 10.1 Å². The van der Waals surface area contributed by atoms with Crippen LogP contribution in [0, 0.1) is 5.41 Å². The molecule has 0 aliphatic heterocycles. The van der Waals surface area contributed by atoms with Crippen LogP contribution in [0.1, 0.15) is 40.5 Å². The Bertz CT molecular complexity index is 189. The SMILES string of the molecule is CCOC(C)(C=NC(=N)CC)CC. The van der Waals surface area contributed by atoms with Crippen LogP contribution in [-0.2, 0) is 4.74 Å². The summed E-state index contributed by atoms with van der Waals surface area (Å²) < 4.78 is 5.53. The zero-order valence-electron chi connectivity index (χ0n) is 9.05. The number of nitrogens with zero attached hydrogens (tertiary/aromatic N) is 1. The van der Waals surface area contributed by atoms with Gasteiger partial charge >= 0.3 is 0 Å². The molecule has 76 valence electrons. The third-order valence-corrected chi connectivity index (χ3v) is 2.00. The van der Waals surface area contributed by atoms with Crippen molar-refractivity contribution in [3.8, 4) is 0 Å². The summed E-state index contributed by atoms with van der Waals surface area (Å²) in [5.74, 6) is 0.402. The lowest BCUT2D eigenvalue weighted by molar-refractivity contribution is 0.0308. The van der Waals surface area contributed by atoms with E-state index in [1.807, 2.05) is 20.8 Å².